The largest absolute Gasteiger partial charge is 0.350 e. The van der Waals surface area contributed by atoms with Gasteiger partial charge in [0.1, 0.15) is 6.29 Å². The van der Waals surface area contributed by atoms with Crippen LogP contribution in [-0.2, 0) is 14.3 Å². The highest BCUT2D eigenvalue weighted by Gasteiger charge is 2.18. The highest BCUT2D eigenvalue weighted by atomic mass is 16.7. The van der Waals surface area contributed by atoms with Crippen LogP contribution in [0.3, 0.4) is 0 Å². The summed E-state index contributed by atoms with van der Waals surface area (Å²) in [7, 11) is 0. The van der Waals surface area contributed by atoms with Crippen LogP contribution < -0.4 is 0 Å². The molecule has 0 aliphatic carbocycles. The molecule has 3 nitrogen and oxygen atoms in total. The van der Waals surface area contributed by atoms with Crippen molar-refractivity contribution >= 4 is 6.29 Å². The van der Waals surface area contributed by atoms with Gasteiger partial charge < -0.3 is 14.3 Å². The molecule has 0 unspecified atom stereocenters. The van der Waals surface area contributed by atoms with Gasteiger partial charge in [-0.2, -0.15) is 0 Å². The lowest BCUT2D eigenvalue weighted by Crippen LogP contribution is -2.12. The monoisotopic (exact) mass is 172 g/mol. The van der Waals surface area contributed by atoms with Crippen LogP contribution in [0.1, 0.15) is 26.2 Å². The zero-order chi connectivity index (χ0) is 8.81. The second-order valence-electron chi connectivity index (χ2n) is 3.26. The zero-order valence-corrected chi connectivity index (χ0v) is 7.49. The number of carbonyl (C=O) groups excluding carboxylic acids is 1. The molecule has 0 aromatic carbocycles. The molecular formula is C9H16O3. The van der Waals surface area contributed by atoms with Crippen LogP contribution in [-0.4, -0.2) is 25.8 Å². The standard InChI is InChI=1S/C9H16O3/c1-8(3-2-4-10)7-9-11-5-6-12-9/h4,8-9H,2-3,5-7H2,1H3/t8-/m0/s1. The summed E-state index contributed by atoms with van der Waals surface area (Å²) in [6.07, 6.45) is 3.44. The van der Waals surface area contributed by atoms with Gasteiger partial charge in [-0.15, -0.1) is 0 Å². The summed E-state index contributed by atoms with van der Waals surface area (Å²) in [5, 5.41) is 0. The molecule has 12 heavy (non-hydrogen) atoms. The van der Waals surface area contributed by atoms with Crippen LogP contribution in [0.2, 0.25) is 0 Å². The second kappa shape index (κ2) is 5.27. The van der Waals surface area contributed by atoms with Crippen molar-refractivity contribution in [3.63, 3.8) is 0 Å². The minimum atomic E-state index is -0.0216. The Kier molecular flexibility index (Phi) is 4.25. The number of rotatable bonds is 5. The molecule has 1 aliphatic rings. The maximum atomic E-state index is 10.1. The molecule has 0 aromatic rings. The van der Waals surface area contributed by atoms with E-state index in [2.05, 4.69) is 6.92 Å². The van der Waals surface area contributed by atoms with Crippen LogP contribution in [0.4, 0.5) is 0 Å². The SMILES string of the molecule is C[C@@H](CCC=O)CC1OCCO1. The highest BCUT2D eigenvalue weighted by molar-refractivity contribution is 5.49. The molecule has 1 atom stereocenters. The Bertz CT molecular complexity index is 130. The summed E-state index contributed by atoms with van der Waals surface area (Å²) in [4.78, 5) is 10.1. The van der Waals surface area contributed by atoms with Crippen molar-refractivity contribution in [3.05, 3.63) is 0 Å². The number of aldehydes is 1. The molecule has 0 N–H and O–H groups in total. The van der Waals surface area contributed by atoms with E-state index in [1.807, 2.05) is 0 Å². The summed E-state index contributed by atoms with van der Waals surface area (Å²) in [6.45, 7) is 3.55. The Hall–Kier alpha value is -0.410. The van der Waals surface area contributed by atoms with Gasteiger partial charge in [-0.1, -0.05) is 6.92 Å². The van der Waals surface area contributed by atoms with Crippen molar-refractivity contribution in [2.45, 2.75) is 32.5 Å². The minimum Gasteiger partial charge on any atom is -0.350 e. The van der Waals surface area contributed by atoms with Crippen LogP contribution in [0, 0.1) is 5.92 Å². The zero-order valence-electron chi connectivity index (χ0n) is 7.49. The van der Waals surface area contributed by atoms with E-state index >= 15 is 0 Å². The van der Waals surface area contributed by atoms with E-state index < -0.39 is 0 Å². The molecule has 0 spiro atoms. The summed E-state index contributed by atoms with van der Waals surface area (Å²) < 4.78 is 10.6. The Balaban J connectivity index is 2.07. The first-order valence-electron chi connectivity index (χ1n) is 4.49. The Morgan fingerprint density at radius 1 is 1.50 bits per heavy atom. The normalized spacial score (nSPS) is 21.1. The number of hydrogen-bond donors (Lipinski definition) is 0. The fourth-order valence-corrected chi connectivity index (χ4v) is 1.34. The summed E-state index contributed by atoms with van der Waals surface area (Å²) in [6, 6.07) is 0. The first-order chi connectivity index (χ1) is 5.83. The van der Waals surface area contributed by atoms with Crippen molar-refractivity contribution in [1.82, 2.24) is 0 Å². The number of carbonyl (C=O) groups is 1. The van der Waals surface area contributed by atoms with Gasteiger partial charge in [0.2, 0.25) is 0 Å². The van der Waals surface area contributed by atoms with Gasteiger partial charge in [0, 0.05) is 12.8 Å². The van der Waals surface area contributed by atoms with Gasteiger partial charge in [-0.3, -0.25) is 0 Å². The number of hydrogen-bond acceptors (Lipinski definition) is 3. The van der Waals surface area contributed by atoms with Crippen LogP contribution in [0.5, 0.6) is 0 Å². The Labute approximate surface area is 73.0 Å². The minimum absolute atomic E-state index is 0.0216. The van der Waals surface area contributed by atoms with Crippen LogP contribution in [0.25, 0.3) is 0 Å². The molecule has 0 amide bonds. The Morgan fingerprint density at radius 3 is 2.75 bits per heavy atom. The van der Waals surface area contributed by atoms with Gasteiger partial charge >= 0.3 is 0 Å². The maximum absolute atomic E-state index is 10.1. The van der Waals surface area contributed by atoms with E-state index in [1.165, 1.54) is 0 Å². The van der Waals surface area contributed by atoms with E-state index in [1.54, 1.807) is 0 Å². The lowest BCUT2D eigenvalue weighted by atomic mass is 10.0. The third kappa shape index (κ3) is 3.32. The predicted molar refractivity (Wildman–Crippen MR) is 44.8 cm³/mol. The topological polar surface area (TPSA) is 35.5 Å². The van der Waals surface area contributed by atoms with Crippen molar-refractivity contribution in [3.8, 4) is 0 Å². The van der Waals surface area contributed by atoms with Gasteiger partial charge in [0.15, 0.2) is 6.29 Å². The van der Waals surface area contributed by atoms with Gasteiger partial charge in [0.25, 0.3) is 0 Å². The second-order valence-corrected chi connectivity index (χ2v) is 3.26. The first-order valence-corrected chi connectivity index (χ1v) is 4.49. The molecule has 1 saturated heterocycles. The molecule has 1 fully saturated rings. The average molecular weight is 172 g/mol. The fourth-order valence-electron chi connectivity index (χ4n) is 1.34. The molecule has 0 aromatic heterocycles. The van der Waals surface area contributed by atoms with Crippen molar-refractivity contribution in [1.29, 1.82) is 0 Å². The molecule has 0 radical (unpaired) electrons. The summed E-state index contributed by atoms with van der Waals surface area (Å²) in [5.74, 6) is 0.512. The molecule has 3 heteroatoms. The van der Waals surface area contributed by atoms with E-state index in [9.17, 15) is 4.79 Å². The number of ether oxygens (including phenoxy) is 2. The fraction of sp³-hybridized carbons (Fsp3) is 0.889. The lowest BCUT2D eigenvalue weighted by Gasteiger charge is -2.13. The average Bonchev–Trinajstić information content (AvgIpc) is 2.53. The lowest BCUT2D eigenvalue weighted by molar-refractivity contribution is -0.108. The van der Waals surface area contributed by atoms with E-state index in [4.69, 9.17) is 9.47 Å². The molecule has 70 valence electrons. The molecule has 1 aliphatic heterocycles. The van der Waals surface area contributed by atoms with Crippen molar-refractivity contribution < 1.29 is 14.3 Å². The van der Waals surface area contributed by atoms with E-state index in [0.29, 0.717) is 25.6 Å². The summed E-state index contributed by atoms with van der Waals surface area (Å²) >= 11 is 0. The smallest absolute Gasteiger partial charge is 0.158 e. The molecule has 0 saturated carbocycles. The van der Waals surface area contributed by atoms with Crippen LogP contribution >= 0.6 is 0 Å². The third-order valence-electron chi connectivity index (χ3n) is 2.06. The predicted octanol–water partition coefficient (Wildman–Crippen LogP) is 1.36. The molecule has 1 heterocycles. The van der Waals surface area contributed by atoms with Crippen LogP contribution in [0.15, 0.2) is 0 Å². The van der Waals surface area contributed by atoms with E-state index in [-0.39, 0.29) is 6.29 Å². The molecular weight excluding hydrogens is 156 g/mol. The van der Waals surface area contributed by atoms with E-state index in [0.717, 1.165) is 19.1 Å². The van der Waals surface area contributed by atoms with Crippen molar-refractivity contribution in [2.24, 2.45) is 5.92 Å². The van der Waals surface area contributed by atoms with Gasteiger partial charge in [0.05, 0.1) is 13.2 Å². The highest BCUT2D eigenvalue weighted by Crippen LogP contribution is 2.17. The van der Waals surface area contributed by atoms with Crippen molar-refractivity contribution in [2.75, 3.05) is 13.2 Å². The molecule has 0 bridgehead atoms. The molecule has 1 rings (SSSR count). The van der Waals surface area contributed by atoms with Gasteiger partial charge in [-0.05, 0) is 12.3 Å². The first kappa shape index (κ1) is 9.68. The van der Waals surface area contributed by atoms with Gasteiger partial charge in [-0.25, -0.2) is 0 Å². The quantitative estimate of drug-likeness (QED) is 0.587. The third-order valence-corrected chi connectivity index (χ3v) is 2.06. The Morgan fingerprint density at radius 2 is 2.17 bits per heavy atom. The summed E-state index contributed by atoms with van der Waals surface area (Å²) in [5.41, 5.74) is 0. The maximum Gasteiger partial charge on any atom is 0.158 e.